The van der Waals surface area contributed by atoms with Gasteiger partial charge >= 0.3 is 6.03 Å². The van der Waals surface area contributed by atoms with Crippen LogP contribution in [0, 0.1) is 5.92 Å². The second-order valence-electron chi connectivity index (χ2n) is 4.58. The summed E-state index contributed by atoms with van der Waals surface area (Å²) in [4.78, 5) is 24.6. The van der Waals surface area contributed by atoms with Gasteiger partial charge in [-0.25, -0.2) is 4.79 Å². The number of hydrogen-bond acceptors (Lipinski definition) is 3. The fourth-order valence-electron chi connectivity index (χ4n) is 1.58. The first-order valence-electron chi connectivity index (χ1n) is 5.78. The van der Waals surface area contributed by atoms with Crippen LogP contribution in [0.15, 0.2) is 0 Å². The van der Waals surface area contributed by atoms with Crippen molar-refractivity contribution in [2.24, 2.45) is 11.7 Å². The van der Waals surface area contributed by atoms with Crippen LogP contribution in [0.25, 0.3) is 0 Å². The van der Waals surface area contributed by atoms with Crippen molar-refractivity contribution < 1.29 is 14.7 Å². The number of aliphatic hydroxyl groups is 1. The molecule has 17 heavy (non-hydrogen) atoms. The molecule has 0 aromatic heterocycles. The normalized spacial score (nSPS) is 12.6. The Labute approximate surface area is 102 Å². The minimum absolute atomic E-state index is 0.0365. The molecule has 0 aromatic carbocycles. The van der Waals surface area contributed by atoms with E-state index in [-0.39, 0.29) is 31.0 Å². The quantitative estimate of drug-likeness (QED) is 0.610. The Morgan fingerprint density at radius 1 is 1.29 bits per heavy atom. The van der Waals surface area contributed by atoms with Gasteiger partial charge in [0.05, 0.1) is 6.61 Å². The zero-order valence-electron chi connectivity index (χ0n) is 10.9. The SMILES string of the molecule is CC(C)C(NC(N)=O)C(=O)N(CCO)C(C)C. The summed E-state index contributed by atoms with van der Waals surface area (Å²) in [5.74, 6) is -0.280. The first-order chi connectivity index (χ1) is 7.81. The van der Waals surface area contributed by atoms with Gasteiger partial charge < -0.3 is 21.1 Å². The number of carbonyl (C=O) groups is 2. The lowest BCUT2D eigenvalue weighted by molar-refractivity contribution is -0.136. The summed E-state index contributed by atoms with van der Waals surface area (Å²) >= 11 is 0. The Morgan fingerprint density at radius 2 is 1.82 bits per heavy atom. The summed E-state index contributed by atoms with van der Waals surface area (Å²) in [6.45, 7) is 7.52. The lowest BCUT2D eigenvalue weighted by Gasteiger charge is -2.31. The molecular weight excluding hydrogens is 222 g/mol. The van der Waals surface area contributed by atoms with E-state index < -0.39 is 12.1 Å². The molecule has 0 aliphatic carbocycles. The second kappa shape index (κ2) is 7.11. The highest BCUT2D eigenvalue weighted by molar-refractivity contribution is 5.87. The number of primary amides is 1. The molecule has 0 fully saturated rings. The zero-order valence-corrected chi connectivity index (χ0v) is 10.9. The molecule has 4 N–H and O–H groups in total. The van der Waals surface area contributed by atoms with Crippen LogP contribution in [0.4, 0.5) is 4.79 Å². The van der Waals surface area contributed by atoms with Crippen LogP contribution in [-0.4, -0.2) is 47.2 Å². The summed E-state index contributed by atoms with van der Waals surface area (Å²) in [7, 11) is 0. The Bertz CT molecular complexity index is 267. The number of nitrogens with two attached hydrogens (primary N) is 1. The minimum Gasteiger partial charge on any atom is -0.395 e. The van der Waals surface area contributed by atoms with Crippen LogP contribution in [0.1, 0.15) is 27.7 Å². The van der Waals surface area contributed by atoms with Crippen molar-refractivity contribution in [3.05, 3.63) is 0 Å². The van der Waals surface area contributed by atoms with Crippen molar-refractivity contribution in [3.8, 4) is 0 Å². The number of nitrogens with zero attached hydrogens (tertiary/aromatic N) is 1. The van der Waals surface area contributed by atoms with Gasteiger partial charge in [-0.15, -0.1) is 0 Å². The van der Waals surface area contributed by atoms with Crippen molar-refractivity contribution in [1.82, 2.24) is 10.2 Å². The molecule has 6 heteroatoms. The molecule has 0 radical (unpaired) electrons. The highest BCUT2D eigenvalue weighted by atomic mass is 16.3. The van der Waals surface area contributed by atoms with Crippen molar-refractivity contribution in [2.45, 2.75) is 39.8 Å². The predicted octanol–water partition coefficient (Wildman–Crippen LogP) is -0.0914. The zero-order chi connectivity index (χ0) is 13.6. The van der Waals surface area contributed by atoms with Gasteiger partial charge in [-0.1, -0.05) is 13.8 Å². The number of aliphatic hydroxyl groups excluding tert-OH is 1. The molecule has 0 spiro atoms. The van der Waals surface area contributed by atoms with E-state index in [1.54, 1.807) is 0 Å². The van der Waals surface area contributed by atoms with E-state index in [4.69, 9.17) is 10.8 Å². The minimum atomic E-state index is -0.718. The summed E-state index contributed by atoms with van der Waals surface area (Å²) in [5, 5.41) is 11.4. The Balaban J connectivity index is 4.83. The second-order valence-corrected chi connectivity index (χ2v) is 4.58. The Morgan fingerprint density at radius 3 is 2.12 bits per heavy atom. The Hall–Kier alpha value is -1.30. The first kappa shape index (κ1) is 15.7. The standard InChI is InChI=1S/C11H23N3O3/c1-7(2)9(13-11(12)17)10(16)14(5-6-15)8(3)4/h7-9,15H,5-6H2,1-4H3,(H3,12,13,17). The van der Waals surface area contributed by atoms with Crippen molar-refractivity contribution in [2.75, 3.05) is 13.2 Å². The van der Waals surface area contributed by atoms with E-state index in [0.717, 1.165) is 0 Å². The molecule has 0 saturated carbocycles. The van der Waals surface area contributed by atoms with Gasteiger partial charge in [0.1, 0.15) is 6.04 Å². The largest absolute Gasteiger partial charge is 0.395 e. The average molecular weight is 245 g/mol. The van der Waals surface area contributed by atoms with E-state index >= 15 is 0 Å². The summed E-state index contributed by atoms with van der Waals surface area (Å²) < 4.78 is 0. The lowest BCUT2D eigenvalue weighted by atomic mass is 10.0. The van der Waals surface area contributed by atoms with Gasteiger partial charge in [-0.3, -0.25) is 4.79 Å². The fraction of sp³-hybridized carbons (Fsp3) is 0.818. The lowest BCUT2D eigenvalue weighted by Crippen LogP contribution is -2.54. The van der Waals surface area contributed by atoms with Gasteiger partial charge in [0.25, 0.3) is 0 Å². The fourth-order valence-corrected chi connectivity index (χ4v) is 1.58. The van der Waals surface area contributed by atoms with Gasteiger partial charge in [0, 0.05) is 12.6 Å². The molecule has 1 atom stereocenters. The molecule has 1 unspecified atom stereocenters. The number of hydrogen-bond donors (Lipinski definition) is 3. The van der Waals surface area contributed by atoms with E-state index in [2.05, 4.69) is 5.32 Å². The van der Waals surface area contributed by atoms with Crippen LogP contribution >= 0.6 is 0 Å². The predicted molar refractivity (Wildman–Crippen MR) is 65.3 cm³/mol. The van der Waals surface area contributed by atoms with Crippen LogP contribution in [0.2, 0.25) is 0 Å². The van der Waals surface area contributed by atoms with E-state index in [0.29, 0.717) is 0 Å². The van der Waals surface area contributed by atoms with Gasteiger partial charge in [0.2, 0.25) is 5.91 Å². The number of rotatable bonds is 6. The smallest absolute Gasteiger partial charge is 0.312 e. The van der Waals surface area contributed by atoms with Crippen LogP contribution < -0.4 is 11.1 Å². The van der Waals surface area contributed by atoms with Gasteiger partial charge in [0.15, 0.2) is 0 Å². The number of amides is 3. The van der Waals surface area contributed by atoms with Crippen molar-refractivity contribution >= 4 is 11.9 Å². The molecule has 0 saturated heterocycles. The monoisotopic (exact) mass is 245 g/mol. The van der Waals surface area contributed by atoms with Crippen molar-refractivity contribution in [3.63, 3.8) is 0 Å². The number of urea groups is 1. The summed E-state index contributed by atoms with van der Waals surface area (Å²) in [6, 6.07) is -1.41. The van der Waals surface area contributed by atoms with E-state index in [1.807, 2.05) is 27.7 Å². The maximum absolute atomic E-state index is 12.2. The Kier molecular flexibility index (Phi) is 6.57. The van der Waals surface area contributed by atoms with Crippen LogP contribution in [0.3, 0.4) is 0 Å². The topological polar surface area (TPSA) is 95.7 Å². The molecule has 0 bridgehead atoms. The first-order valence-corrected chi connectivity index (χ1v) is 5.78. The average Bonchev–Trinajstić information content (AvgIpc) is 2.20. The van der Waals surface area contributed by atoms with Crippen LogP contribution in [0.5, 0.6) is 0 Å². The molecule has 0 heterocycles. The molecule has 0 aliphatic rings. The molecule has 0 rings (SSSR count). The highest BCUT2D eigenvalue weighted by Crippen LogP contribution is 2.09. The third kappa shape index (κ3) is 5.04. The third-order valence-corrected chi connectivity index (χ3v) is 2.48. The molecule has 3 amide bonds. The van der Waals surface area contributed by atoms with Gasteiger partial charge in [-0.2, -0.15) is 0 Å². The molecule has 100 valence electrons. The maximum atomic E-state index is 12.2. The summed E-state index contributed by atoms with van der Waals surface area (Å²) in [6.07, 6.45) is 0. The van der Waals surface area contributed by atoms with Gasteiger partial charge in [-0.05, 0) is 19.8 Å². The number of nitrogens with one attached hydrogen (secondary N) is 1. The number of carbonyl (C=O) groups excluding carboxylic acids is 2. The molecule has 6 nitrogen and oxygen atoms in total. The van der Waals surface area contributed by atoms with E-state index in [9.17, 15) is 9.59 Å². The molecular formula is C11H23N3O3. The highest BCUT2D eigenvalue weighted by Gasteiger charge is 2.29. The summed E-state index contributed by atoms with van der Waals surface area (Å²) in [5.41, 5.74) is 5.05. The van der Waals surface area contributed by atoms with E-state index in [1.165, 1.54) is 4.90 Å². The third-order valence-electron chi connectivity index (χ3n) is 2.48. The van der Waals surface area contributed by atoms with Crippen molar-refractivity contribution in [1.29, 1.82) is 0 Å². The van der Waals surface area contributed by atoms with Crippen LogP contribution in [-0.2, 0) is 4.79 Å². The molecule has 0 aromatic rings. The maximum Gasteiger partial charge on any atom is 0.312 e. The molecule has 0 aliphatic heterocycles.